The molecule has 2 saturated carbocycles. The molecule has 6 heteroatoms. The van der Waals surface area contributed by atoms with Crippen LogP contribution in [0.15, 0.2) is 53.7 Å². The first-order valence-electron chi connectivity index (χ1n) is 11.5. The van der Waals surface area contributed by atoms with Crippen LogP contribution >= 0.6 is 11.6 Å². The molecule has 0 radical (unpaired) electrons. The number of anilines is 1. The summed E-state index contributed by atoms with van der Waals surface area (Å²) in [6.07, 6.45) is 2.06. The van der Waals surface area contributed by atoms with E-state index in [9.17, 15) is 9.59 Å². The van der Waals surface area contributed by atoms with E-state index in [-0.39, 0.29) is 16.7 Å². The Morgan fingerprint density at radius 1 is 1.00 bits per heavy atom. The Hall–Kier alpha value is -2.66. The molecule has 5 nitrogen and oxygen atoms in total. The number of halogens is 1. The Bertz CT molecular complexity index is 1110. The van der Waals surface area contributed by atoms with Crippen molar-refractivity contribution in [2.24, 2.45) is 21.4 Å². The molecular formula is C27H31ClN2O3. The Morgan fingerprint density at radius 2 is 1.64 bits per heavy atom. The summed E-state index contributed by atoms with van der Waals surface area (Å²) in [6.45, 7) is 10.7. The summed E-state index contributed by atoms with van der Waals surface area (Å²) in [5.74, 6) is -0.0955. The monoisotopic (exact) mass is 466 g/mol. The molecule has 4 rings (SSSR count). The minimum atomic E-state index is -0.607. The molecule has 2 fully saturated rings. The molecule has 1 amide bonds. The number of carbonyl (C=O) groups excluding carboxylic acids is 2. The van der Waals surface area contributed by atoms with E-state index < -0.39 is 11.4 Å². The summed E-state index contributed by atoms with van der Waals surface area (Å²) < 4.78 is 0. The lowest BCUT2D eigenvalue weighted by molar-refractivity contribution is -0.130. The fourth-order valence-electron chi connectivity index (χ4n) is 5.46. The molecule has 0 heterocycles. The van der Waals surface area contributed by atoms with Gasteiger partial charge < -0.3 is 10.2 Å². The van der Waals surface area contributed by atoms with Crippen molar-refractivity contribution in [3.8, 4) is 0 Å². The fraction of sp³-hybridized carbons (Fsp3) is 0.444. The zero-order valence-electron chi connectivity index (χ0n) is 19.9. The van der Waals surface area contributed by atoms with Crippen LogP contribution in [0, 0.1) is 16.2 Å². The molecule has 2 atom stereocenters. The number of fused-ring (bicyclic) bond motifs is 2. The number of benzene rings is 2. The molecule has 0 aromatic heterocycles. The fourth-order valence-corrected chi connectivity index (χ4v) is 5.59. The first kappa shape index (κ1) is 23.5. The standard InChI is InChI=1S/C27H31ClN2O3/c1-17(2)18-8-12-21(13-9-18)29-24(32)27-15-14-26(5,25(27,3)4)22(16-27)30-33-23(31)19-6-10-20(28)11-7-19/h6-13,17H,14-16H2,1-5H3,(H,29,32)/b30-22-. The van der Waals surface area contributed by atoms with E-state index in [0.29, 0.717) is 22.9 Å². The number of nitrogens with zero attached hydrogens (tertiary/aromatic N) is 1. The van der Waals surface area contributed by atoms with E-state index in [2.05, 4.69) is 57.2 Å². The molecule has 1 N–H and O–H groups in total. The average Bonchev–Trinajstić information content (AvgIpc) is 3.09. The van der Waals surface area contributed by atoms with Crippen LogP contribution in [0.1, 0.15) is 75.7 Å². The first-order chi connectivity index (χ1) is 15.5. The summed E-state index contributed by atoms with van der Waals surface area (Å²) in [5.41, 5.74) is 1.91. The number of nitrogens with one attached hydrogen (secondary N) is 1. The smallest absolute Gasteiger partial charge is 0.326 e. The second-order valence-electron chi connectivity index (χ2n) is 10.4. The topological polar surface area (TPSA) is 67.8 Å². The lowest BCUT2D eigenvalue weighted by atomic mass is 9.64. The summed E-state index contributed by atoms with van der Waals surface area (Å²) >= 11 is 5.90. The highest BCUT2D eigenvalue weighted by Gasteiger charge is 2.71. The first-order valence-corrected chi connectivity index (χ1v) is 11.8. The van der Waals surface area contributed by atoms with Crippen molar-refractivity contribution in [2.75, 3.05) is 5.32 Å². The van der Waals surface area contributed by atoms with Crippen LogP contribution < -0.4 is 5.32 Å². The minimum Gasteiger partial charge on any atom is -0.326 e. The maximum absolute atomic E-state index is 13.6. The predicted octanol–water partition coefficient (Wildman–Crippen LogP) is 6.83. The number of hydrogen-bond donors (Lipinski definition) is 1. The predicted molar refractivity (Wildman–Crippen MR) is 132 cm³/mol. The van der Waals surface area contributed by atoms with Crippen LogP contribution in [0.4, 0.5) is 5.69 Å². The Balaban J connectivity index is 1.55. The maximum atomic E-state index is 13.6. The molecule has 2 aliphatic carbocycles. The zero-order valence-corrected chi connectivity index (χ0v) is 20.6. The Kier molecular flexibility index (Phi) is 5.90. The molecule has 2 aliphatic rings. The summed E-state index contributed by atoms with van der Waals surface area (Å²) in [7, 11) is 0. The molecular weight excluding hydrogens is 436 g/mol. The average molecular weight is 467 g/mol. The van der Waals surface area contributed by atoms with Gasteiger partial charge in [0.2, 0.25) is 5.91 Å². The van der Waals surface area contributed by atoms with E-state index in [1.807, 2.05) is 12.1 Å². The number of amides is 1. The molecule has 0 aliphatic heterocycles. The SMILES string of the molecule is CC(C)c1ccc(NC(=O)C23CCC(C)(/C(=N\OC(=O)c4ccc(Cl)cc4)C2)C3(C)C)cc1. The van der Waals surface area contributed by atoms with Crippen LogP contribution in [0.5, 0.6) is 0 Å². The van der Waals surface area contributed by atoms with Gasteiger partial charge >= 0.3 is 5.97 Å². The van der Waals surface area contributed by atoms with Gasteiger partial charge in [0, 0.05) is 22.5 Å². The highest BCUT2D eigenvalue weighted by molar-refractivity contribution is 6.30. The quantitative estimate of drug-likeness (QED) is 0.387. The molecule has 2 bridgehead atoms. The van der Waals surface area contributed by atoms with Crippen molar-refractivity contribution in [1.82, 2.24) is 0 Å². The lowest BCUT2D eigenvalue weighted by Crippen LogP contribution is -2.43. The van der Waals surface area contributed by atoms with Gasteiger partial charge in [-0.25, -0.2) is 4.79 Å². The van der Waals surface area contributed by atoms with Crippen molar-refractivity contribution in [2.45, 2.75) is 59.8 Å². The van der Waals surface area contributed by atoms with Crippen molar-refractivity contribution in [3.63, 3.8) is 0 Å². The molecule has 0 saturated heterocycles. The van der Waals surface area contributed by atoms with E-state index in [1.165, 1.54) is 5.56 Å². The van der Waals surface area contributed by atoms with E-state index in [4.69, 9.17) is 16.4 Å². The van der Waals surface area contributed by atoms with Crippen molar-refractivity contribution < 1.29 is 14.4 Å². The highest BCUT2D eigenvalue weighted by Crippen LogP contribution is 2.71. The van der Waals surface area contributed by atoms with Gasteiger partial charge in [0.1, 0.15) is 0 Å². The summed E-state index contributed by atoms with van der Waals surface area (Å²) in [5, 5.41) is 7.98. The van der Waals surface area contributed by atoms with Gasteiger partial charge in [-0.1, -0.05) is 63.5 Å². The minimum absolute atomic E-state index is 0.00255. The lowest BCUT2D eigenvalue weighted by Gasteiger charge is -2.39. The van der Waals surface area contributed by atoms with Crippen LogP contribution in [0.25, 0.3) is 0 Å². The largest absolute Gasteiger partial charge is 0.365 e. The second kappa shape index (κ2) is 8.28. The van der Waals surface area contributed by atoms with Gasteiger partial charge in [0.05, 0.1) is 16.7 Å². The Morgan fingerprint density at radius 3 is 2.24 bits per heavy atom. The van der Waals surface area contributed by atoms with Crippen LogP contribution in [-0.2, 0) is 9.63 Å². The third-order valence-corrected chi connectivity index (χ3v) is 8.57. The van der Waals surface area contributed by atoms with Gasteiger partial charge in [-0.2, -0.15) is 0 Å². The molecule has 2 unspecified atom stereocenters. The number of oxime groups is 1. The number of hydrogen-bond acceptors (Lipinski definition) is 4. The van der Waals surface area contributed by atoms with Gasteiger partial charge in [-0.05, 0) is 66.1 Å². The van der Waals surface area contributed by atoms with Gasteiger partial charge in [0.15, 0.2) is 0 Å². The summed E-state index contributed by atoms with van der Waals surface area (Å²) in [4.78, 5) is 31.4. The molecule has 2 aromatic carbocycles. The van der Waals surface area contributed by atoms with Crippen molar-refractivity contribution >= 4 is 34.9 Å². The molecule has 174 valence electrons. The Labute approximate surface area is 200 Å². The van der Waals surface area contributed by atoms with Crippen LogP contribution in [0.2, 0.25) is 5.02 Å². The number of rotatable bonds is 5. The van der Waals surface area contributed by atoms with E-state index >= 15 is 0 Å². The second-order valence-corrected chi connectivity index (χ2v) is 10.8. The maximum Gasteiger partial charge on any atom is 0.365 e. The third-order valence-electron chi connectivity index (χ3n) is 8.32. The van der Waals surface area contributed by atoms with Crippen molar-refractivity contribution in [3.05, 3.63) is 64.7 Å². The van der Waals surface area contributed by atoms with Crippen LogP contribution in [0.3, 0.4) is 0 Å². The third kappa shape index (κ3) is 3.76. The van der Waals surface area contributed by atoms with E-state index in [0.717, 1.165) is 24.2 Å². The van der Waals surface area contributed by atoms with Crippen molar-refractivity contribution in [1.29, 1.82) is 0 Å². The molecule has 33 heavy (non-hydrogen) atoms. The molecule has 0 spiro atoms. The van der Waals surface area contributed by atoms with Crippen LogP contribution in [-0.4, -0.2) is 17.6 Å². The highest BCUT2D eigenvalue weighted by atomic mass is 35.5. The van der Waals surface area contributed by atoms with Gasteiger partial charge in [-0.15, -0.1) is 0 Å². The van der Waals surface area contributed by atoms with Gasteiger partial charge in [-0.3, -0.25) is 4.79 Å². The van der Waals surface area contributed by atoms with Gasteiger partial charge in [0.25, 0.3) is 0 Å². The number of carbonyl (C=O) groups is 2. The summed E-state index contributed by atoms with van der Waals surface area (Å²) in [6, 6.07) is 14.5. The van der Waals surface area contributed by atoms with E-state index in [1.54, 1.807) is 24.3 Å². The molecule has 2 aromatic rings. The normalized spacial score (nSPS) is 26.6. The zero-order chi connectivity index (χ0) is 24.0.